The molecule has 0 aromatic carbocycles. The summed E-state index contributed by atoms with van der Waals surface area (Å²) in [6, 6.07) is 0.604. The van der Waals surface area contributed by atoms with Gasteiger partial charge in [-0.1, -0.05) is 13.8 Å². The highest BCUT2D eigenvalue weighted by molar-refractivity contribution is 5.03. The topological polar surface area (TPSA) is 33.1 Å². The lowest BCUT2D eigenvalue weighted by atomic mass is 10.1. The van der Waals surface area contributed by atoms with E-state index in [1.165, 1.54) is 38.0 Å². The average molecular weight is 266 g/mol. The molecule has 0 aliphatic rings. The maximum absolute atomic E-state index is 4.19. The largest absolute Gasteiger partial charge is 0.314 e. The smallest absolute Gasteiger partial charge is 0.0522 e. The highest BCUT2D eigenvalue weighted by atomic mass is 15.2. The lowest BCUT2D eigenvalue weighted by Crippen LogP contribution is -2.30. The van der Waals surface area contributed by atoms with Crippen molar-refractivity contribution >= 4 is 0 Å². The van der Waals surface area contributed by atoms with Gasteiger partial charge in [-0.15, -0.1) is 0 Å². The summed E-state index contributed by atoms with van der Waals surface area (Å²) in [7, 11) is 1.97. The summed E-state index contributed by atoms with van der Waals surface area (Å²) >= 11 is 0. The molecule has 110 valence electrons. The van der Waals surface area contributed by atoms with Gasteiger partial charge in [0.1, 0.15) is 0 Å². The fourth-order valence-electron chi connectivity index (χ4n) is 2.33. The van der Waals surface area contributed by atoms with Crippen molar-refractivity contribution in [1.29, 1.82) is 0 Å². The normalized spacial score (nSPS) is 13.1. The Morgan fingerprint density at radius 1 is 1.37 bits per heavy atom. The molecule has 19 heavy (non-hydrogen) atoms. The van der Waals surface area contributed by atoms with Crippen LogP contribution in [0.4, 0.5) is 0 Å². The van der Waals surface area contributed by atoms with Gasteiger partial charge in [0.25, 0.3) is 0 Å². The molecule has 1 unspecified atom stereocenters. The van der Waals surface area contributed by atoms with Gasteiger partial charge in [0.2, 0.25) is 0 Å². The Kier molecular flexibility index (Phi) is 7.75. The first-order valence-corrected chi connectivity index (χ1v) is 7.59. The summed E-state index contributed by atoms with van der Waals surface area (Å²) < 4.78 is 1.86. The molecular weight excluding hydrogens is 236 g/mol. The lowest BCUT2D eigenvalue weighted by Gasteiger charge is -2.19. The molecule has 0 radical (unpaired) electrons. The summed E-state index contributed by atoms with van der Waals surface area (Å²) in [5.74, 6) is 0. The summed E-state index contributed by atoms with van der Waals surface area (Å²) in [6.07, 6.45) is 7.64. The zero-order valence-electron chi connectivity index (χ0n) is 13.0. The van der Waals surface area contributed by atoms with Crippen LogP contribution in [0.1, 0.15) is 39.2 Å². The van der Waals surface area contributed by atoms with Crippen LogP contribution in [-0.2, 0) is 13.5 Å². The maximum Gasteiger partial charge on any atom is 0.0522 e. The molecule has 4 heteroatoms. The lowest BCUT2D eigenvalue weighted by molar-refractivity contribution is 0.290. The van der Waals surface area contributed by atoms with E-state index >= 15 is 0 Å². The van der Waals surface area contributed by atoms with E-state index in [2.05, 4.69) is 42.3 Å². The maximum atomic E-state index is 4.19. The number of aryl methyl sites for hydroxylation is 1. The van der Waals surface area contributed by atoms with Crippen LogP contribution in [0.3, 0.4) is 0 Å². The number of aromatic nitrogens is 2. The first-order valence-electron chi connectivity index (χ1n) is 7.59. The highest BCUT2D eigenvalue weighted by Crippen LogP contribution is 2.01. The predicted octanol–water partition coefficient (Wildman–Crippen LogP) is 2.06. The minimum absolute atomic E-state index is 0.604. The molecule has 1 heterocycles. The SMILES string of the molecule is CCN(CC)CCCC(C)NCCc1cnn(C)c1. The first kappa shape index (κ1) is 16.2. The molecule has 1 N–H and O–H groups in total. The number of nitrogens with zero attached hydrogens (tertiary/aromatic N) is 3. The van der Waals surface area contributed by atoms with Crippen LogP contribution in [0, 0.1) is 0 Å². The van der Waals surface area contributed by atoms with E-state index in [0.29, 0.717) is 6.04 Å². The van der Waals surface area contributed by atoms with Crippen molar-refractivity contribution in [2.45, 2.75) is 46.1 Å². The van der Waals surface area contributed by atoms with Crippen LogP contribution in [0.2, 0.25) is 0 Å². The minimum atomic E-state index is 0.604. The molecule has 1 atom stereocenters. The molecule has 1 aromatic heterocycles. The third-order valence-corrected chi connectivity index (χ3v) is 3.67. The third kappa shape index (κ3) is 6.73. The van der Waals surface area contributed by atoms with Crippen LogP contribution in [0.25, 0.3) is 0 Å². The second kappa shape index (κ2) is 9.10. The van der Waals surface area contributed by atoms with Gasteiger partial charge in [-0.2, -0.15) is 5.10 Å². The highest BCUT2D eigenvalue weighted by Gasteiger charge is 2.04. The molecule has 4 nitrogen and oxygen atoms in total. The number of hydrogen-bond donors (Lipinski definition) is 1. The number of rotatable bonds is 10. The van der Waals surface area contributed by atoms with Gasteiger partial charge in [-0.05, 0) is 57.9 Å². The van der Waals surface area contributed by atoms with Crippen molar-refractivity contribution in [3.8, 4) is 0 Å². The summed E-state index contributed by atoms with van der Waals surface area (Å²) in [4.78, 5) is 2.49. The summed E-state index contributed by atoms with van der Waals surface area (Å²) in [6.45, 7) is 11.3. The van der Waals surface area contributed by atoms with Crippen molar-refractivity contribution in [1.82, 2.24) is 20.0 Å². The molecular formula is C15H30N4. The monoisotopic (exact) mass is 266 g/mol. The molecule has 0 aliphatic carbocycles. The zero-order chi connectivity index (χ0) is 14.1. The van der Waals surface area contributed by atoms with Crippen molar-refractivity contribution in [3.63, 3.8) is 0 Å². The Hall–Kier alpha value is -0.870. The Balaban J connectivity index is 2.06. The molecule has 0 saturated carbocycles. The van der Waals surface area contributed by atoms with Crippen molar-refractivity contribution in [3.05, 3.63) is 18.0 Å². The van der Waals surface area contributed by atoms with Gasteiger partial charge in [0, 0.05) is 19.3 Å². The first-order chi connectivity index (χ1) is 9.15. The molecule has 0 bridgehead atoms. The molecule has 0 saturated heterocycles. The van der Waals surface area contributed by atoms with Crippen molar-refractivity contribution in [2.75, 3.05) is 26.2 Å². The molecule has 0 fully saturated rings. The Morgan fingerprint density at radius 2 is 2.11 bits per heavy atom. The third-order valence-electron chi connectivity index (χ3n) is 3.67. The van der Waals surface area contributed by atoms with E-state index in [1.807, 2.05) is 17.9 Å². The molecule has 1 aromatic rings. The minimum Gasteiger partial charge on any atom is -0.314 e. The van der Waals surface area contributed by atoms with Gasteiger partial charge in [-0.3, -0.25) is 4.68 Å². The van der Waals surface area contributed by atoms with Crippen LogP contribution in [-0.4, -0.2) is 46.9 Å². The quantitative estimate of drug-likeness (QED) is 0.704. The second-order valence-electron chi connectivity index (χ2n) is 5.30. The Bertz CT molecular complexity index is 331. The standard InChI is InChI=1S/C15H30N4/c1-5-19(6-2)11-7-8-14(3)16-10-9-15-12-17-18(4)13-15/h12-14,16H,5-11H2,1-4H3. The molecule has 0 amide bonds. The number of nitrogens with one attached hydrogen (secondary N) is 1. The van der Waals surface area contributed by atoms with Crippen LogP contribution in [0.15, 0.2) is 12.4 Å². The Morgan fingerprint density at radius 3 is 2.68 bits per heavy atom. The summed E-state index contributed by atoms with van der Waals surface area (Å²) in [5, 5.41) is 7.78. The van der Waals surface area contributed by atoms with Gasteiger partial charge in [0.15, 0.2) is 0 Å². The fourth-order valence-corrected chi connectivity index (χ4v) is 2.33. The predicted molar refractivity (Wildman–Crippen MR) is 81.4 cm³/mol. The molecule has 1 rings (SSSR count). The second-order valence-corrected chi connectivity index (χ2v) is 5.30. The van der Waals surface area contributed by atoms with Gasteiger partial charge >= 0.3 is 0 Å². The van der Waals surface area contributed by atoms with Gasteiger partial charge in [-0.25, -0.2) is 0 Å². The van der Waals surface area contributed by atoms with Gasteiger partial charge < -0.3 is 10.2 Å². The van der Waals surface area contributed by atoms with Crippen LogP contribution < -0.4 is 5.32 Å². The summed E-state index contributed by atoms with van der Waals surface area (Å²) in [5.41, 5.74) is 1.31. The van der Waals surface area contributed by atoms with Crippen molar-refractivity contribution in [2.24, 2.45) is 7.05 Å². The Labute approximate surface area is 118 Å². The number of hydrogen-bond acceptors (Lipinski definition) is 3. The zero-order valence-corrected chi connectivity index (χ0v) is 13.0. The van der Waals surface area contributed by atoms with Crippen LogP contribution in [0.5, 0.6) is 0 Å². The van der Waals surface area contributed by atoms with E-state index in [1.54, 1.807) is 0 Å². The van der Waals surface area contributed by atoms with E-state index in [4.69, 9.17) is 0 Å². The van der Waals surface area contributed by atoms with E-state index in [0.717, 1.165) is 13.0 Å². The van der Waals surface area contributed by atoms with E-state index < -0.39 is 0 Å². The molecule has 0 aliphatic heterocycles. The van der Waals surface area contributed by atoms with Crippen LogP contribution >= 0.6 is 0 Å². The van der Waals surface area contributed by atoms with Crippen molar-refractivity contribution < 1.29 is 0 Å². The molecule has 0 spiro atoms. The van der Waals surface area contributed by atoms with E-state index in [-0.39, 0.29) is 0 Å². The fraction of sp³-hybridized carbons (Fsp3) is 0.800. The van der Waals surface area contributed by atoms with E-state index in [9.17, 15) is 0 Å². The van der Waals surface area contributed by atoms with Gasteiger partial charge in [0.05, 0.1) is 6.20 Å². The average Bonchev–Trinajstić information content (AvgIpc) is 2.80.